The molecule has 2 atom stereocenters. The molecule has 144 valence electrons. The number of rotatable bonds is 3. The van der Waals surface area contributed by atoms with Crippen LogP contribution in [0.25, 0.3) is 0 Å². The van der Waals surface area contributed by atoms with Gasteiger partial charge in [0, 0.05) is 18.7 Å². The van der Waals surface area contributed by atoms with Crippen molar-refractivity contribution in [2.45, 2.75) is 31.6 Å². The van der Waals surface area contributed by atoms with E-state index in [0.717, 1.165) is 0 Å². The number of nitrogens with zero attached hydrogens (tertiary/aromatic N) is 3. The summed E-state index contributed by atoms with van der Waals surface area (Å²) < 4.78 is 10.6. The summed E-state index contributed by atoms with van der Waals surface area (Å²) >= 11 is 0. The van der Waals surface area contributed by atoms with Crippen molar-refractivity contribution in [2.75, 3.05) is 33.3 Å². The number of aliphatic hydroxyl groups excluding tert-OH is 1. The highest BCUT2D eigenvalue weighted by atomic mass is 16.5. The number of aliphatic hydroxyl groups is 1. The summed E-state index contributed by atoms with van der Waals surface area (Å²) in [7, 11) is 1.31. The molecule has 2 aliphatic heterocycles. The Balaban J connectivity index is 1.90. The average molecular weight is 373 g/mol. The molecule has 27 heavy (non-hydrogen) atoms. The fraction of sp³-hybridized carbons (Fsp3) is 0.526. The zero-order chi connectivity index (χ0) is 19.8. The normalized spacial score (nSPS) is 24.6. The molecule has 2 aliphatic rings. The molecule has 8 nitrogen and oxygen atoms in total. The van der Waals surface area contributed by atoms with Gasteiger partial charge in [0.2, 0.25) is 5.91 Å². The van der Waals surface area contributed by atoms with Crippen molar-refractivity contribution in [2.24, 2.45) is 0 Å². The third kappa shape index (κ3) is 3.61. The molecule has 1 fully saturated rings. The lowest BCUT2D eigenvalue weighted by Crippen LogP contribution is -2.59. The predicted molar refractivity (Wildman–Crippen MR) is 94.8 cm³/mol. The molecule has 0 spiro atoms. The SMILES string of the molecule is COC(=O)CN1CCN([C@@H]2c3cc(C#N)ccc3OC(C)(C)[C@H]2O)C(=O)C1. The first-order valence-electron chi connectivity index (χ1n) is 8.76. The van der Waals surface area contributed by atoms with E-state index in [9.17, 15) is 20.0 Å². The first kappa shape index (κ1) is 19.1. The summed E-state index contributed by atoms with van der Waals surface area (Å²) in [6, 6.07) is 6.47. The van der Waals surface area contributed by atoms with E-state index in [-0.39, 0.29) is 19.0 Å². The van der Waals surface area contributed by atoms with Gasteiger partial charge in [-0.25, -0.2) is 0 Å². The molecule has 1 amide bonds. The molecule has 0 saturated carbocycles. The molecule has 1 N–H and O–H groups in total. The molecule has 0 radical (unpaired) electrons. The highest BCUT2D eigenvalue weighted by molar-refractivity contribution is 5.81. The maximum Gasteiger partial charge on any atom is 0.319 e. The lowest BCUT2D eigenvalue weighted by atomic mass is 9.84. The molecule has 0 bridgehead atoms. The van der Waals surface area contributed by atoms with Crippen LogP contribution < -0.4 is 4.74 Å². The van der Waals surface area contributed by atoms with Gasteiger partial charge < -0.3 is 19.5 Å². The van der Waals surface area contributed by atoms with Crippen LogP contribution in [0.15, 0.2) is 18.2 Å². The standard InChI is InChI=1S/C19H23N3O5/c1-19(2)18(25)17(13-8-12(9-20)4-5-14(13)27-19)22-7-6-21(10-15(22)23)11-16(24)26-3/h4-5,8,17-18,25H,6-7,10-11H2,1-3H3/t17-,18+/m1/s1. The Bertz CT molecular complexity index is 801. The van der Waals surface area contributed by atoms with Crippen molar-refractivity contribution in [1.29, 1.82) is 5.26 Å². The van der Waals surface area contributed by atoms with E-state index in [2.05, 4.69) is 10.8 Å². The number of ether oxygens (including phenoxy) is 2. The van der Waals surface area contributed by atoms with Crippen molar-refractivity contribution >= 4 is 11.9 Å². The first-order valence-corrected chi connectivity index (χ1v) is 8.76. The number of methoxy groups -OCH3 is 1. The number of fused-ring (bicyclic) bond motifs is 1. The van der Waals surface area contributed by atoms with Crippen molar-refractivity contribution in [3.63, 3.8) is 0 Å². The summed E-state index contributed by atoms with van der Waals surface area (Å²) in [5.74, 6) is -0.0354. The van der Waals surface area contributed by atoms with Crippen LogP contribution in [0.3, 0.4) is 0 Å². The van der Waals surface area contributed by atoms with E-state index in [4.69, 9.17) is 4.74 Å². The lowest BCUT2D eigenvalue weighted by molar-refractivity contribution is -0.153. The maximum absolute atomic E-state index is 12.8. The second-order valence-electron chi connectivity index (χ2n) is 7.33. The molecule has 8 heteroatoms. The van der Waals surface area contributed by atoms with Gasteiger partial charge in [0.1, 0.15) is 17.5 Å². The quantitative estimate of drug-likeness (QED) is 0.767. The summed E-state index contributed by atoms with van der Waals surface area (Å²) in [4.78, 5) is 27.6. The number of carbonyl (C=O) groups excluding carboxylic acids is 2. The molecular formula is C19H23N3O5. The van der Waals surface area contributed by atoms with Crippen molar-refractivity contribution in [3.8, 4) is 11.8 Å². The van der Waals surface area contributed by atoms with Gasteiger partial charge in [-0.3, -0.25) is 14.5 Å². The molecular weight excluding hydrogens is 350 g/mol. The summed E-state index contributed by atoms with van der Waals surface area (Å²) in [5, 5.41) is 20.2. The van der Waals surface area contributed by atoms with E-state index >= 15 is 0 Å². The van der Waals surface area contributed by atoms with Crippen molar-refractivity contribution in [3.05, 3.63) is 29.3 Å². The number of piperazine rings is 1. The Morgan fingerprint density at radius 1 is 1.44 bits per heavy atom. The number of carbonyl (C=O) groups is 2. The minimum atomic E-state index is -0.963. The van der Waals surface area contributed by atoms with Gasteiger partial charge in [0.15, 0.2) is 0 Å². The topological polar surface area (TPSA) is 103 Å². The maximum atomic E-state index is 12.8. The highest BCUT2D eigenvalue weighted by Crippen LogP contribution is 2.43. The smallest absolute Gasteiger partial charge is 0.319 e. The van der Waals surface area contributed by atoms with E-state index in [1.165, 1.54) is 7.11 Å². The van der Waals surface area contributed by atoms with Crippen LogP contribution in [0.1, 0.15) is 31.0 Å². The molecule has 1 aromatic rings. The van der Waals surface area contributed by atoms with Crippen LogP contribution >= 0.6 is 0 Å². The van der Waals surface area contributed by atoms with Crippen LogP contribution in [0.5, 0.6) is 5.75 Å². The Hall–Kier alpha value is -2.63. The largest absolute Gasteiger partial charge is 0.485 e. The van der Waals surface area contributed by atoms with Gasteiger partial charge in [-0.05, 0) is 32.0 Å². The van der Waals surface area contributed by atoms with Gasteiger partial charge in [0.05, 0.1) is 37.9 Å². The average Bonchev–Trinajstić information content (AvgIpc) is 2.63. The van der Waals surface area contributed by atoms with E-state index in [1.54, 1.807) is 41.8 Å². The number of esters is 1. The Kier molecular flexibility index (Phi) is 5.09. The predicted octanol–water partition coefficient (Wildman–Crippen LogP) is 0.448. The molecule has 3 rings (SSSR count). The van der Waals surface area contributed by atoms with Crippen molar-refractivity contribution < 1.29 is 24.2 Å². The molecule has 0 aliphatic carbocycles. The van der Waals surface area contributed by atoms with Gasteiger partial charge in [-0.15, -0.1) is 0 Å². The highest BCUT2D eigenvalue weighted by Gasteiger charge is 2.47. The van der Waals surface area contributed by atoms with E-state index in [1.807, 2.05) is 0 Å². The third-order valence-corrected chi connectivity index (χ3v) is 5.09. The van der Waals surface area contributed by atoms with Crippen LogP contribution in [0.2, 0.25) is 0 Å². The zero-order valence-electron chi connectivity index (χ0n) is 15.6. The minimum absolute atomic E-state index is 0.0487. The lowest BCUT2D eigenvalue weighted by Gasteiger charge is -2.48. The zero-order valence-corrected chi connectivity index (χ0v) is 15.6. The number of nitriles is 1. The van der Waals surface area contributed by atoms with Gasteiger partial charge in [0.25, 0.3) is 0 Å². The fourth-order valence-electron chi connectivity index (χ4n) is 3.59. The van der Waals surface area contributed by atoms with E-state index in [0.29, 0.717) is 30.0 Å². The van der Waals surface area contributed by atoms with Gasteiger partial charge in [-0.1, -0.05) is 0 Å². The molecule has 1 aromatic carbocycles. The number of benzene rings is 1. The fourth-order valence-corrected chi connectivity index (χ4v) is 3.59. The minimum Gasteiger partial charge on any atom is -0.485 e. The van der Waals surface area contributed by atoms with Crippen LogP contribution in [-0.4, -0.2) is 71.8 Å². The number of hydrogen-bond acceptors (Lipinski definition) is 7. The summed E-state index contributed by atoms with van der Waals surface area (Å²) in [6.45, 7) is 4.48. The Labute approximate surface area is 157 Å². The second-order valence-corrected chi connectivity index (χ2v) is 7.33. The summed E-state index contributed by atoms with van der Waals surface area (Å²) in [6.07, 6.45) is -0.963. The Morgan fingerprint density at radius 2 is 2.19 bits per heavy atom. The second kappa shape index (κ2) is 7.18. The number of hydrogen-bond donors (Lipinski definition) is 1. The monoisotopic (exact) mass is 373 g/mol. The van der Waals surface area contributed by atoms with Crippen LogP contribution in [0.4, 0.5) is 0 Å². The van der Waals surface area contributed by atoms with Gasteiger partial charge >= 0.3 is 5.97 Å². The molecule has 2 heterocycles. The molecule has 0 unspecified atom stereocenters. The van der Waals surface area contributed by atoms with Crippen LogP contribution in [-0.2, 0) is 14.3 Å². The van der Waals surface area contributed by atoms with E-state index < -0.39 is 23.7 Å². The van der Waals surface area contributed by atoms with Crippen LogP contribution in [0, 0.1) is 11.3 Å². The third-order valence-electron chi connectivity index (χ3n) is 5.09. The summed E-state index contributed by atoms with van der Waals surface area (Å²) in [5.41, 5.74) is 0.164. The number of amides is 1. The Morgan fingerprint density at radius 3 is 2.81 bits per heavy atom. The molecule has 1 saturated heterocycles. The molecule has 0 aromatic heterocycles. The van der Waals surface area contributed by atoms with Gasteiger partial charge in [-0.2, -0.15) is 5.26 Å². The van der Waals surface area contributed by atoms with Crippen molar-refractivity contribution in [1.82, 2.24) is 9.80 Å². The first-order chi connectivity index (χ1) is 12.8.